The lowest BCUT2D eigenvalue weighted by Gasteiger charge is -2.16. The van der Waals surface area contributed by atoms with Crippen LogP contribution in [0, 0.1) is 0 Å². The molecule has 0 amide bonds. The Morgan fingerprint density at radius 2 is 2.00 bits per heavy atom. The molecule has 98 valence electrons. The first kappa shape index (κ1) is 12.8. The summed E-state index contributed by atoms with van der Waals surface area (Å²) < 4.78 is 0.297. The van der Waals surface area contributed by atoms with Crippen molar-refractivity contribution in [1.29, 1.82) is 0 Å². The third kappa shape index (κ3) is 3.39. The molecule has 0 bridgehead atoms. The van der Waals surface area contributed by atoms with Gasteiger partial charge in [-0.3, -0.25) is 4.98 Å². The van der Waals surface area contributed by atoms with Gasteiger partial charge in [0.2, 0.25) is 0 Å². The minimum Gasteiger partial charge on any atom is -0.367 e. The normalized spacial score (nSPS) is 16.1. The van der Waals surface area contributed by atoms with E-state index in [1.54, 1.807) is 12.4 Å². The molecule has 1 saturated carbocycles. The van der Waals surface area contributed by atoms with Crippen LogP contribution in [0.3, 0.4) is 0 Å². The van der Waals surface area contributed by atoms with Crippen molar-refractivity contribution in [1.82, 2.24) is 9.97 Å². The van der Waals surface area contributed by atoms with E-state index < -0.39 is 0 Å². The fourth-order valence-corrected chi connectivity index (χ4v) is 3.26. The Balaban J connectivity index is 1.60. The molecule has 19 heavy (non-hydrogen) atoms. The highest BCUT2D eigenvalue weighted by Crippen LogP contribution is 2.51. The minimum absolute atomic E-state index is 0.297. The SMILES string of the molecule is Clc1cncc(NCC2(Sc3ccccc3)CC2)n1. The second-order valence-electron chi connectivity index (χ2n) is 4.68. The van der Waals surface area contributed by atoms with Crippen LogP contribution in [0.4, 0.5) is 5.82 Å². The van der Waals surface area contributed by atoms with E-state index in [2.05, 4.69) is 39.6 Å². The molecule has 3 nitrogen and oxygen atoms in total. The summed E-state index contributed by atoms with van der Waals surface area (Å²) >= 11 is 7.76. The lowest BCUT2D eigenvalue weighted by molar-refractivity contribution is 0.933. The first-order valence-corrected chi connectivity index (χ1v) is 7.41. The van der Waals surface area contributed by atoms with Gasteiger partial charge in [0.25, 0.3) is 0 Å². The zero-order valence-electron chi connectivity index (χ0n) is 10.3. The molecule has 0 spiro atoms. The van der Waals surface area contributed by atoms with Crippen LogP contribution in [0.25, 0.3) is 0 Å². The molecule has 1 aromatic heterocycles. The van der Waals surface area contributed by atoms with E-state index in [0.29, 0.717) is 9.90 Å². The van der Waals surface area contributed by atoms with Crippen LogP contribution in [0.2, 0.25) is 5.15 Å². The van der Waals surface area contributed by atoms with E-state index in [0.717, 1.165) is 12.4 Å². The smallest absolute Gasteiger partial charge is 0.149 e. The van der Waals surface area contributed by atoms with Gasteiger partial charge in [-0.15, -0.1) is 11.8 Å². The summed E-state index contributed by atoms with van der Waals surface area (Å²) in [5.74, 6) is 0.743. The Morgan fingerprint density at radius 1 is 1.21 bits per heavy atom. The lowest BCUT2D eigenvalue weighted by Crippen LogP contribution is -2.18. The van der Waals surface area contributed by atoms with Crippen LogP contribution in [-0.4, -0.2) is 21.3 Å². The number of hydrogen-bond donors (Lipinski definition) is 1. The standard InChI is InChI=1S/C14H14ClN3S/c15-12-8-16-9-13(18-12)17-10-14(6-7-14)19-11-4-2-1-3-5-11/h1-5,8-9H,6-7,10H2,(H,17,18). The summed E-state index contributed by atoms with van der Waals surface area (Å²) in [4.78, 5) is 9.54. The number of nitrogens with one attached hydrogen (secondary N) is 1. The molecule has 1 N–H and O–H groups in total. The number of anilines is 1. The average molecular weight is 292 g/mol. The molecular weight excluding hydrogens is 278 g/mol. The average Bonchev–Trinajstić information content (AvgIpc) is 3.18. The number of nitrogens with zero attached hydrogens (tertiary/aromatic N) is 2. The molecule has 1 aliphatic rings. The molecule has 2 aromatic rings. The highest BCUT2D eigenvalue weighted by Gasteiger charge is 2.43. The Morgan fingerprint density at radius 3 is 2.68 bits per heavy atom. The molecule has 1 heterocycles. The van der Waals surface area contributed by atoms with Crippen molar-refractivity contribution in [3.63, 3.8) is 0 Å². The van der Waals surface area contributed by atoms with Crippen LogP contribution in [-0.2, 0) is 0 Å². The van der Waals surface area contributed by atoms with Crippen molar-refractivity contribution in [2.24, 2.45) is 0 Å². The monoisotopic (exact) mass is 291 g/mol. The third-order valence-corrected chi connectivity index (χ3v) is 4.76. The first-order valence-electron chi connectivity index (χ1n) is 6.21. The highest BCUT2D eigenvalue weighted by molar-refractivity contribution is 8.01. The number of aromatic nitrogens is 2. The maximum Gasteiger partial charge on any atom is 0.149 e. The molecule has 0 aliphatic heterocycles. The number of halogens is 1. The zero-order chi connectivity index (χ0) is 13.1. The van der Waals surface area contributed by atoms with E-state index in [4.69, 9.17) is 11.6 Å². The maximum atomic E-state index is 5.82. The van der Waals surface area contributed by atoms with Gasteiger partial charge in [-0.25, -0.2) is 4.98 Å². The van der Waals surface area contributed by atoms with Crippen molar-refractivity contribution in [2.75, 3.05) is 11.9 Å². The lowest BCUT2D eigenvalue weighted by atomic mass is 10.4. The van der Waals surface area contributed by atoms with Crippen molar-refractivity contribution in [2.45, 2.75) is 22.5 Å². The van der Waals surface area contributed by atoms with Gasteiger partial charge >= 0.3 is 0 Å². The Kier molecular flexibility index (Phi) is 3.62. The van der Waals surface area contributed by atoms with Crippen LogP contribution in [0.5, 0.6) is 0 Å². The van der Waals surface area contributed by atoms with Crippen LogP contribution in [0.15, 0.2) is 47.6 Å². The van der Waals surface area contributed by atoms with Crippen LogP contribution >= 0.6 is 23.4 Å². The van der Waals surface area contributed by atoms with Gasteiger partial charge in [0, 0.05) is 16.2 Å². The predicted octanol–water partition coefficient (Wildman–Crippen LogP) is 3.87. The molecular formula is C14H14ClN3S. The topological polar surface area (TPSA) is 37.8 Å². The molecule has 1 aromatic carbocycles. The van der Waals surface area contributed by atoms with Crippen LogP contribution in [0.1, 0.15) is 12.8 Å². The van der Waals surface area contributed by atoms with E-state index >= 15 is 0 Å². The quantitative estimate of drug-likeness (QED) is 0.907. The van der Waals surface area contributed by atoms with Gasteiger partial charge < -0.3 is 5.32 Å². The van der Waals surface area contributed by atoms with Gasteiger partial charge in [-0.05, 0) is 25.0 Å². The van der Waals surface area contributed by atoms with E-state index in [1.807, 2.05) is 17.8 Å². The fourth-order valence-electron chi connectivity index (χ4n) is 1.87. The van der Waals surface area contributed by atoms with Crippen molar-refractivity contribution < 1.29 is 0 Å². The summed E-state index contributed by atoms with van der Waals surface area (Å²) in [6.45, 7) is 0.890. The summed E-state index contributed by atoms with van der Waals surface area (Å²) in [5, 5.41) is 3.75. The second-order valence-corrected chi connectivity index (χ2v) is 6.61. The molecule has 0 saturated heterocycles. The zero-order valence-corrected chi connectivity index (χ0v) is 11.9. The predicted molar refractivity (Wildman–Crippen MR) is 79.8 cm³/mol. The summed E-state index contributed by atoms with van der Waals surface area (Å²) in [5.41, 5.74) is 0. The largest absolute Gasteiger partial charge is 0.367 e. The Hall–Kier alpha value is -1.26. The van der Waals surface area contributed by atoms with Crippen molar-refractivity contribution in [3.05, 3.63) is 47.9 Å². The molecule has 0 radical (unpaired) electrons. The Bertz CT molecular complexity index is 558. The van der Waals surface area contributed by atoms with E-state index in [-0.39, 0.29) is 0 Å². The van der Waals surface area contributed by atoms with E-state index in [9.17, 15) is 0 Å². The molecule has 5 heteroatoms. The summed E-state index contributed by atoms with van der Waals surface area (Å²) in [7, 11) is 0. The van der Waals surface area contributed by atoms with Gasteiger partial charge in [0.15, 0.2) is 0 Å². The fraction of sp³-hybridized carbons (Fsp3) is 0.286. The minimum atomic E-state index is 0.297. The number of benzene rings is 1. The molecule has 1 aliphatic carbocycles. The number of hydrogen-bond acceptors (Lipinski definition) is 4. The molecule has 0 unspecified atom stereocenters. The first-order chi connectivity index (χ1) is 9.26. The van der Waals surface area contributed by atoms with Gasteiger partial charge in [-0.1, -0.05) is 29.8 Å². The summed E-state index contributed by atoms with van der Waals surface area (Å²) in [6.07, 6.45) is 5.70. The highest BCUT2D eigenvalue weighted by atomic mass is 35.5. The van der Waals surface area contributed by atoms with Crippen molar-refractivity contribution >= 4 is 29.2 Å². The van der Waals surface area contributed by atoms with Gasteiger partial charge in [0.05, 0.1) is 12.4 Å². The van der Waals surface area contributed by atoms with Crippen molar-refractivity contribution in [3.8, 4) is 0 Å². The molecule has 1 fully saturated rings. The number of thioether (sulfide) groups is 1. The molecule has 3 rings (SSSR count). The molecule has 0 atom stereocenters. The van der Waals surface area contributed by atoms with Gasteiger partial charge in [0.1, 0.15) is 11.0 Å². The summed E-state index contributed by atoms with van der Waals surface area (Å²) in [6, 6.07) is 10.5. The van der Waals surface area contributed by atoms with Crippen LogP contribution < -0.4 is 5.32 Å². The number of rotatable bonds is 5. The maximum absolute atomic E-state index is 5.82. The third-order valence-electron chi connectivity index (χ3n) is 3.08. The van der Waals surface area contributed by atoms with E-state index in [1.165, 1.54) is 17.7 Å². The second kappa shape index (κ2) is 5.39. The Labute approximate surface area is 121 Å². The van der Waals surface area contributed by atoms with Gasteiger partial charge in [-0.2, -0.15) is 0 Å².